The van der Waals surface area contributed by atoms with Crippen molar-refractivity contribution < 1.29 is 4.42 Å². The van der Waals surface area contributed by atoms with E-state index in [9.17, 15) is 0 Å². The van der Waals surface area contributed by atoms with Crippen LogP contribution >= 0.6 is 0 Å². The second-order valence-corrected chi connectivity index (χ2v) is 6.07. The number of nitrogens with zero attached hydrogens (tertiary/aromatic N) is 3. The standard InChI is InChI=1S/C17H25N3O/c1-14-13-15(2)20(18-14)11-10-19-9-5-3-4-7-16(19)17-8-6-12-21-17/h6,8,12-13,16H,3-5,7,9-11H2,1-2H3. The molecule has 0 N–H and O–H groups in total. The highest BCUT2D eigenvalue weighted by molar-refractivity contribution is 5.07. The average molecular weight is 287 g/mol. The molecule has 2 aromatic heterocycles. The lowest BCUT2D eigenvalue weighted by atomic mass is 10.1. The Labute approximate surface area is 126 Å². The first kappa shape index (κ1) is 14.4. The number of furan rings is 1. The summed E-state index contributed by atoms with van der Waals surface area (Å²) in [6, 6.07) is 6.69. The fourth-order valence-corrected chi connectivity index (χ4v) is 3.36. The fourth-order valence-electron chi connectivity index (χ4n) is 3.36. The molecule has 0 aliphatic carbocycles. The molecule has 1 fully saturated rings. The van der Waals surface area contributed by atoms with Gasteiger partial charge in [0.2, 0.25) is 0 Å². The summed E-state index contributed by atoms with van der Waals surface area (Å²) in [5.74, 6) is 1.12. The molecule has 21 heavy (non-hydrogen) atoms. The van der Waals surface area contributed by atoms with Crippen molar-refractivity contribution in [2.45, 2.75) is 52.1 Å². The van der Waals surface area contributed by atoms with Crippen molar-refractivity contribution >= 4 is 0 Å². The molecule has 1 saturated heterocycles. The van der Waals surface area contributed by atoms with E-state index in [1.54, 1.807) is 6.26 Å². The van der Waals surface area contributed by atoms with E-state index in [-0.39, 0.29) is 0 Å². The van der Waals surface area contributed by atoms with Gasteiger partial charge in [0.25, 0.3) is 0 Å². The molecule has 2 aromatic rings. The predicted molar refractivity (Wildman–Crippen MR) is 83.2 cm³/mol. The number of hydrogen-bond donors (Lipinski definition) is 0. The first-order chi connectivity index (χ1) is 10.2. The maximum atomic E-state index is 5.67. The molecule has 1 atom stereocenters. The zero-order chi connectivity index (χ0) is 14.7. The molecule has 4 nitrogen and oxygen atoms in total. The third-order valence-electron chi connectivity index (χ3n) is 4.44. The molecule has 0 saturated carbocycles. The molecule has 0 bridgehead atoms. The minimum absolute atomic E-state index is 0.430. The highest BCUT2D eigenvalue weighted by Gasteiger charge is 2.24. The third-order valence-corrected chi connectivity index (χ3v) is 4.44. The zero-order valence-electron chi connectivity index (χ0n) is 13.1. The highest BCUT2D eigenvalue weighted by atomic mass is 16.3. The molecular formula is C17H25N3O. The normalized spacial score (nSPS) is 20.6. The van der Waals surface area contributed by atoms with Gasteiger partial charge in [-0.25, -0.2) is 0 Å². The topological polar surface area (TPSA) is 34.2 Å². The van der Waals surface area contributed by atoms with Gasteiger partial charge >= 0.3 is 0 Å². The Bertz CT molecular complexity index is 559. The highest BCUT2D eigenvalue weighted by Crippen LogP contribution is 2.30. The molecule has 1 aliphatic rings. The first-order valence-electron chi connectivity index (χ1n) is 8.02. The second kappa shape index (κ2) is 6.48. The fraction of sp³-hybridized carbons (Fsp3) is 0.588. The molecule has 0 amide bonds. The Hall–Kier alpha value is -1.55. The van der Waals surface area contributed by atoms with Crippen LogP contribution in [0.5, 0.6) is 0 Å². The molecule has 4 heteroatoms. The van der Waals surface area contributed by atoms with Crippen LogP contribution in [-0.2, 0) is 6.54 Å². The lowest BCUT2D eigenvalue weighted by Crippen LogP contribution is -2.32. The van der Waals surface area contributed by atoms with Crippen LogP contribution in [0.1, 0.15) is 48.9 Å². The molecular weight excluding hydrogens is 262 g/mol. The first-order valence-corrected chi connectivity index (χ1v) is 8.02. The molecule has 0 spiro atoms. The van der Waals surface area contributed by atoms with Gasteiger partial charge in [-0.05, 0) is 51.4 Å². The van der Waals surface area contributed by atoms with Crippen molar-refractivity contribution in [2.75, 3.05) is 13.1 Å². The van der Waals surface area contributed by atoms with Crippen molar-refractivity contribution in [1.29, 1.82) is 0 Å². The monoisotopic (exact) mass is 287 g/mol. The maximum absolute atomic E-state index is 5.67. The van der Waals surface area contributed by atoms with Gasteiger partial charge in [-0.15, -0.1) is 0 Å². The van der Waals surface area contributed by atoms with Gasteiger partial charge < -0.3 is 4.42 Å². The average Bonchev–Trinajstić information content (AvgIpc) is 3.02. The summed E-state index contributed by atoms with van der Waals surface area (Å²) >= 11 is 0. The number of aryl methyl sites for hydroxylation is 2. The van der Waals surface area contributed by atoms with E-state index in [1.165, 1.54) is 31.4 Å². The van der Waals surface area contributed by atoms with Crippen LogP contribution < -0.4 is 0 Å². The van der Waals surface area contributed by atoms with Crippen molar-refractivity contribution in [1.82, 2.24) is 14.7 Å². The van der Waals surface area contributed by atoms with Crippen LogP contribution in [0.3, 0.4) is 0 Å². The third kappa shape index (κ3) is 3.38. The van der Waals surface area contributed by atoms with Crippen LogP contribution in [0, 0.1) is 13.8 Å². The van der Waals surface area contributed by atoms with E-state index in [4.69, 9.17) is 4.42 Å². The molecule has 0 aromatic carbocycles. The summed E-state index contributed by atoms with van der Waals surface area (Å²) < 4.78 is 7.80. The van der Waals surface area contributed by atoms with Crippen LogP contribution in [0.25, 0.3) is 0 Å². The van der Waals surface area contributed by atoms with Crippen molar-refractivity contribution in [3.05, 3.63) is 41.6 Å². The van der Waals surface area contributed by atoms with Crippen molar-refractivity contribution in [2.24, 2.45) is 0 Å². The number of hydrogen-bond acceptors (Lipinski definition) is 3. The van der Waals surface area contributed by atoms with Gasteiger partial charge in [-0.3, -0.25) is 9.58 Å². The summed E-state index contributed by atoms with van der Waals surface area (Å²) in [7, 11) is 0. The van der Waals surface area contributed by atoms with Crippen LogP contribution in [0.2, 0.25) is 0 Å². The van der Waals surface area contributed by atoms with E-state index >= 15 is 0 Å². The van der Waals surface area contributed by atoms with Gasteiger partial charge in [0, 0.05) is 12.2 Å². The second-order valence-electron chi connectivity index (χ2n) is 6.07. The van der Waals surface area contributed by atoms with E-state index in [0.29, 0.717) is 6.04 Å². The summed E-state index contributed by atoms with van der Waals surface area (Å²) in [5, 5.41) is 4.57. The Morgan fingerprint density at radius 3 is 2.86 bits per heavy atom. The molecule has 3 rings (SSSR count). The Morgan fingerprint density at radius 1 is 1.24 bits per heavy atom. The van der Waals surface area contributed by atoms with E-state index < -0.39 is 0 Å². The van der Waals surface area contributed by atoms with Crippen molar-refractivity contribution in [3.8, 4) is 0 Å². The van der Waals surface area contributed by atoms with E-state index in [1.807, 2.05) is 6.07 Å². The van der Waals surface area contributed by atoms with Gasteiger partial charge in [0.15, 0.2) is 0 Å². The Balaban J connectivity index is 1.70. The van der Waals surface area contributed by atoms with E-state index in [2.05, 4.69) is 40.7 Å². The minimum atomic E-state index is 0.430. The smallest absolute Gasteiger partial charge is 0.120 e. The van der Waals surface area contributed by atoms with Gasteiger partial charge in [-0.2, -0.15) is 5.10 Å². The van der Waals surface area contributed by atoms with Crippen molar-refractivity contribution in [3.63, 3.8) is 0 Å². The predicted octanol–water partition coefficient (Wildman–Crippen LogP) is 3.71. The van der Waals surface area contributed by atoms with Crippen LogP contribution in [0.4, 0.5) is 0 Å². The Kier molecular flexibility index (Phi) is 4.44. The van der Waals surface area contributed by atoms with E-state index in [0.717, 1.165) is 31.1 Å². The van der Waals surface area contributed by atoms with Gasteiger partial charge in [0.05, 0.1) is 24.5 Å². The molecule has 114 valence electrons. The molecule has 1 aliphatic heterocycles. The summed E-state index contributed by atoms with van der Waals surface area (Å²) in [6.45, 7) is 7.34. The largest absolute Gasteiger partial charge is 0.468 e. The number of aromatic nitrogens is 2. The number of rotatable bonds is 4. The van der Waals surface area contributed by atoms with Gasteiger partial charge in [-0.1, -0.05) is 12.8 Å². The lowest BCUT2D eigenvalue weighted by molar-refractivity contribution is 0.169. The molecule has 3 heterocycles. The Morgan fingerprint density at radius 2 is 2.14 bits per heavy atom. The molecule has 1 unspecified atom stereocenters. The lowest BCUT2D eigenvalue weighted by Gasteiger charge is -2.28. The zero-order valence-corrected chi connectivity index (χ0v) is 13.1. The number of likely N-dealkylation sites (tertiary alicyclic amines) is 1. The summed E-state index contributed by atoms with van der Waals surface area (Å²) in [5.41, 5.74) is 2.35. The summed E-state index contributed by atoms with van der Waals surface area (Å²) in [6.07, 6.45) is 6.90. The van der Waals surface area contributed by atoms with Crippen LogP contribution in [-0.4, -0.2) is 27.8 Å². The van der Waals surface area contributed by atoms with Gasteiger partial charge in [0.1, 0.15) is 5.76 Å². The SMILES string of the molecule is Cc1cc(C)n(CCN2CCCCCC2c2ccco2)n1. The van der Waals surface area contributed by atoms with Crippen LogP contribution in [0.15, 0.2) is 28.9 Å². The quantitative estimate of drug-likeness (QED) is 0.859. The molecule has 0 radical (unpaired) electrons. The maximum Gasteiger partial charge on any atom is 0.120 e. The summed E-state index contributed by atoms with van der Waals surface area (Å²) in [4.78, 5) is 2.57. The minimum Gasteiger partial charge on any atom is -0.468 e.